The number of aryl methyl sites for hydroxylation is 2. The molecule has 4 heterocycles. The second-order valence-electron chi connectivity index (χ2n) is 6.70. The van der Waals surface area contributed by atoms with Crippen LogP contribution in [0.1, 0.15) is 21.7 Å². The van der Waals surface area contributed by atoms with Crippen LogP contribution in [0.25, 0.3) is 5.82 Å². The van der Waals surface area contributed by atoms with Gasteiger partial charge in [0.25, 0.3) is 5.91 Å². The van der Waals surface area contributed by atoms with E-state index in [1.54, 1.807) is 23.1 Å². The molecular weight excluding hydrogens is 356 g/mol. The molecule has 0 bridgehead atoms. The number of morpholine rings is 1. The lowest BCUT2D eigenvalue weighted by Crippen LogP contribution is -2.36. The largest absolute Gasteiger partial charge is 0.378 e. The van der Waals surface area contributed by atoms with Crippen LogP contribution in [0.3, 0.4) is 0 Å². The molecule has 3 aromatic rings. The van der Waals surface area contributed by atoms with Gasteiger partial charge in [-0.2, -0.15) is 5.10 Å². The summed E-state index contributed by atoms with van der Waals surface area (Å²) in [6, 6.07) is 9.28. The molecule has 1 amide bonds. The molecule has 0 aliphatic carbocycles. The van der Waals surface area contributed by atoms with Crippen molar-refractivity contribution < 1.29 is 9.53 Å². The van der Waals surface area contributed by atoms with Gasteiger partial charge < -0.3 is 15.0 Å². The molecule has 1 aliphatic heterocycles. The van der Waals surface area contributed by atoms with Crippen LogP contribution in [-0.4, -0.2) is 52.0 Å². The molecule has 0 radical (unpaired) electrons. The fourth-order valence-corrected chi connectivity index (χ4v) is 3.15. The number of hydrogen-bond acceptors (Lipinski definition) is 6. The second kappa shape index (κ2) is 7.77. The van der Waals surface area contributed by atoms with Gasteiger partial charge in [-0.05, 0) is 44.2 Å². The lowest BCUT2D eigenvalue weighted by molar-refractivity contribution is 0.102. The monoisotopic (exact) mass is 378 g/mol. The van der Waals surface area contributed by atoms with Gasteiger partial charge in [-0.25, -0.2) is 14.6 Å². The molecule has 8 nitrogen and oxygen atoms in total. The molecule has 0 unspecified atom stereocenters. The van der Waals surface area contributed by atoms with Crippen LogP contribution in [0.15, 0.2) is 42.7 Å². The highest BCUT2D eigenvalue weighted by Gasteiger charge is 2.14. The lowest BCUT2D eigenvalue weighted by Gasteiger charge is -2.27. The molecular formula is C20H22N6O2. The van der Waals surface area contributed by atoms with Gasteiger partial charge in [-0.3, -0.25) is 4.79 Å². The maximum atomic E-state index is 12.5. The van der Waals surface area contributed by atoms with Gasteiger partial charge in [0.2, 0.25) is 0 Å². The van der Waals surface area contributed by atoms with Gasteiger partial charge in [0, 0.05) is 25.0 Å². The second-order valence-corrected chi connectivity index (χ2v) is 6.70. The first kappa shape index (κ1) is 18.1. The van der Waals surface area contributed by atoms with E-state index in [4.69, 9.17) is 4.74 Å². The fraction of sp³-hybridized carbons (Fsp3) is 0.300. The van der Waals surface area contributed by atoms with E-state index in [1.807, 2.05) is 38.1 Å². The Morgan fingerprint density at radius 3 is 2.39 bits per heavy atom. The highest BCUT2D eigenvalue weighted by atomic mass is 16.5. The third-order valence-electron chi connectivity index (χ3n) is 4.58. The topological polar surface area (TPSA) is 85.2 Å². The predicted molar refractivity (Wildman–Crippen MR) is 106 cm³/mol. The number of carbonyl (C=O) groups is 1. The molecule has 144 valence electrons. The Morgan fingerprint density at radius 2 is 1.79 bits per heavy atom. The highest BCUT2D eigenvalue weighted by molar-refractivity contribution is 6.04. The van der Waals surface area contributed by atoms with Crippen LogP contribution in [-0.2, 0) is 4.74 Å². The van der Waals surface area contributed by atoms with Crippen LogP contribution >= 0.6 is 0 Å². The first-order chi connectivity index (χ1) is 13.6. The molecule has 1 saturated heterocycles. The molecule has 1 N–H and O–H groups in total. The summed E-state index contributed by atoms with van der Waals surface area (Å²) < 4.78 is 7.12. The number of hydrogen-bond donors (Lipinski definition) is 1. The van der Waals surface area contributed by atoms with E-state index < -0.39 is 0 Å². The number of aromatic nitrogens is 4. The van der Waals surface area contributed by atoms with Crippen LogP contribution in [0.2, 0.25) is 0 Å². The van der Waals surface area contributed by atoms with Crippen LogP contribution < -0.4 is 10.2 Å². The van der Waals surface area contributed by atoms with Crippen molar-refractivity contribution in [3.63, 3.8) is 0 Å². The van der Waals surface area contributed by atoms with Crippen LogP contribution in [0.5, 0.6) is 0 Å². The fourth-order valence-electron chi connectivity index (χ4n) is 3.15. The van der Waals surface area contributed by atoms with Gasteiger partial charge in [0.05, 0.1) is 36.4 Å². The molecule has 28 heavy (non-hydrogen) atoms. The van der Waals surface area contributed by atoms with Crippen LogP contribution in [0, 0.1) is 13.8 Å². The zero-order valence-corrected chi connectivity index (χ0v) is 15.9. The Balaban J connectivity index is 1.42. The number of carbonyl (C=O) groups excluding carboxylic acids is 1. The third kappa shape index (κ3) is 3.86. The van der Waals surface area contributed by atoms with Crippen molar-refractivity contribution in [1.29, 1.82) is 0 Å². The Labute approximate surface area is 163 Å². The molecule has 0 atom stereocenters. The zero-order chi connectivity index (χ0) is 19.5. The molecule has 0 spiro atoms. The number of ether oxygens (including phenoxy) is 1. The van der Waals surface area contributed by atoms with E-state index in [0.717, 1.165) is 30.3 Å². The lowest BCUT2D eigenvalue weighted by atomic mass is 10.2. The first-order valence-electron chi connectivity index (χ1n) is 9.20. The van der Waals surface area contributed by atoms with E-state index in [-0.39, 0.29) is 5.91 Å². The zero-order valence-electron chi connectivity index (χ0n) is 15.9. The normalized spacial score (nSPS) is 14.1. The first-order valence-corrected chi connectivity index (χ1v) is 9.20. The maximum absolute atomic E-state index is 12.5. The van der Waals surface area contributed by atoms with Crippen molar-refractivity contribution in [2.75, 3.05) is 36.5 Å². The summed E-state index contributed by atoms with van der Waals surface area (Å²) in [5.74, 6) is 1.34. The quantitative estimate of drug-likeness (QED) is 0.750. The standard InChI is InChI=1S/C20H22N6O2/c1-14-11-15(2)26(24-14)19-6-4-17(13-22-19)23-20(27)16-3-5-18(21-12-16)25-7-9-28-10-8-25/h3-6,11-13H,7-10H2,1-2H3,(H,23,27). The van der Waals surface area contributed by atoms with Crippen molar-refractivity contribution in [1.82, 2.24) is 19.7 Å². The summed E-state index contributed by atoms with van der Waals surface area (Å²) in [6.07, 6.45) is 3.22. The summed E-state index contributed by atoms with van der Waals surface area (Å²) in [5, 5.41) is 7.26. The summed E-state index contributed by atoms with van der Waals surface area (Å²) >= 11 is 0. The summed E-state index contributed by atoms with van der Waals surface area (Å²) in [7, 11) is 0. The summed E-state index contributed by atoms with van der Waals surface area (Å²) in [5.41, 5.74) is 3.06. The number of anilines is 2. The van der Waals surface area contributed by atoms with Crippen molar-refractivity contribution in [2.24, 2.45) is 0 Å². The molecule has 1 aliphatic rings. The average Bonchev–Trinajstić information content (AvgIpc) is 3.07. The molecule has 8 heteroatoms. The van der Waals surface area contributed by atoms with E-state index in [2.05, 4.69) is 25.3 Å². The number of amides is 1. The van der Waals surface area contributed by atoms with Crippen molar-refractivity contribution in [3.8, 4) is 5.82 Å². The van der Waals surface area contributed by atoms with Gasteiger partial charge in [0.15, 0.2) is 5.82 Å². The smallest absolute Gasteiger partial charge is 0.257 e. The summed E-state index contributed by atoms with van der Waals surface area (Å²) in [6.45, 7) is 6.94. The van der Waals surface area contributed by atoms with Crippen molar-refractivity contribution in [3.05, 3.63) is 59.7 Å². The SMILES string of the molecule is Cc1cc(C)n(-c2ccc(NC(=O)c3ccc(N4CCOCC4)nc3)cn2)n1. The van der Waals surface area contributed by atoms with E-state index in [1.165, 1.54) is 0 Å². The maximum Gasteiger partial charge on any atom is 0.257 e. The summed E-state index contributed by atoms with van der Waals surface area (Å²) in [4.78, 5) is 23.4. The number of pyridine rings is 2. The predicted octanol–water partition coefficient (Wildman–Crippen LogP) is 2.37. The minimum absolute atomic E-state index is 0.221. The van der Waals surface area contributed by atoms with Crippen molar-refractivity contribution in [2.45, 2.75) is 13.8 Å². The number of rotatable bonds is 4. The van der Waals surface area contributed by atoms with E-state index >= 15 is 0 Å². The minimum Gasteiger partial charge on any atom is -0.378 e. The van der Waals surface area contributed by atoms with Gasteiger partial charge >= 0.3 is 0 Å². The Bertz CT molecular complexity index is 959. The van der Waals surface area contributed by atoms with Gasteiger partial charge in [0.1, 0.15) is 5.82 Å². The van der Waals surface area contributed by atoms with Gasteiger partial charge in [-0.15, -0.1) is 0 Å². The molecule has 1 fully saturated rings. The van der Waals surface area contributed by atoms with E-state index in [0.29, 0.717) is 30.3 Å². The van der Waals surface area contributed by atoms with Crippen molar-refractivity contribution >= 4 is 17.4 Å². The molecule has 0 saturated carbocycles. The minimum atomic E-state index is -0.221. The highest BCUT2D eigenvalue weighted by Crippen LogP contribution is 2.16. The number of nitrogens with one attached hydrogen (secondary N) is 1. The number of nitrogens with zero attached hydrogens (tertiary/aromatic N) is 5. The Kier molecular flexibility index (Phi) is 5.03. The Morgan fingerprint density at radius 1 is 1.04 bits per heavy atom. The molecule has 4 rings (SSSR count). The Hall–Kier alpha value is -3.26. The van der Waals surface area contributed by atoms with E-state index in [9.17, 15) is 4.79 Å². The molecule has 0 aromatic carbocycles. The average molecular weight is 378 g/mol. The van der Waals surface area contributed by atoms with Gasteiger partial charge in [-0.1, -0.05) is 0 Å². The third-order valence-corrected chi connectivity index (χ3v) is 4.58. The molecule has 3 aromatic heterocycles. The van der Waals surface area contributed by atoms with Crippen LogP contribution in [0.4, 0.5) is 11.5 Å².